The molecule has 1 rings (SSSR count). The Labute approximate surface area is 115 Å². The van der Waals surface area contributed by atoms with Gasteiger partial charge in [0.05, 0.1) is 5.38 Å². The van der Waals surface area contributed by atoms with Crippen LogP contribution in [0.3, 0.4) is 0 Å². The van der Waals surface area contributed by atoms with Crippen molar-refractivity contribution in [3.8, 4) is 0 Å². The maximum Gasteiger partial charge on any atom is 0.433 e. The van der Waals surface area contributed by atoms with E-state index >= 15 is 0 Å². The van der Waals surface area contributed by atoms with E-state index in [1.807, 2.05) is 13.8 Å². The minimum Gasteiger partial charge on any atom is -0.353 e. The van der Waals surface area contributed by atoms with Gasteiger partial charge in [-0.3, -0.25) is 0 Å². The van der Waals surface area contributed by atoms with Gasteiger partial charge in [-0.05, 0) is 12.0 Å². The number of alkyl halides is 4. The number of nitrogens with one attached hydrogen (secondary N) is 1. The van der Waals surface area contributed by atoms with E-state index in [0.717, 1.165) is 25.1 Å². The molecule has 7 heteroatoms. The van der Waals surface area contributed by atoms with E-state index in [4.69, 9.17) is 11.6 Å². The molecule has 0 radical (unpaired) electrons. The summed E-state index contributed by atoms with van der Waals surface area (Å²) in [5, 5.41) is 2.59. The fourth-order valence-corrected chi connectivity index (χ4v) is 2.19. The van der Waals surface area contributed by atoms with Gasteiger partial charge in [0.1, 0.15) is 5.69 Å². The lowest BCUT2D eigenvalue weighted by Gasteiger charge is -2.19. The Morgan fingerprint density at radius 3 is 2.47 bits per heavy atom. The van der Waals surface area contributed by atoms with Crippen LogP contribution < -0.4 is 5.32 Å². The summed E-state index contributed by atoms with van der Waals surface area (Å²) in [5.41, 5.74) is -0.960. The predicted octanol–water partition coefficient (Wildman–Crippen LogP) is 3.95. The second-order valence-electron chi connectivity index (χ2n) is 4.24. The summed E-state index contributed by atoms with van der Waals surface area (Å²) in [4.78, 5) is 7.18. The highest BCUT2D eigenvalue weighted by Crippen LogP contribution is 2.27. The molecule has 0 aromatic carbocycles. The van der Waals surface area contributed by atoms with E-state index in [-0.39, 0.29) is 11.3 Å². The van der Waals surface area contributed by atoms with E-state index in [2.05, 4.69) is 15.3 Å². The van der Waals surface area contributed by atoms with E-state index in [1.54, 1.807) is 0 Å². The number of nitrogens with zero attached hydrogens (tertiary/aromatic N) is 2. The minimum atomic E-state index is -4.46. The second kappa shape index (κ2) is 6.93. The van der Waals surface area contributed by atoms with Crippen LogP contribution in [0.15, 0.2) is 12.3 Å². The Balaban J connectivity index is 2.63. The van der Waals surface area contributed by atoms with E-state index in [0.29, 0.717) is 12.5 Å². The average molecular weight is 296 g/mol. The molecule has 1 atom stereocenters. The lowest BCUT2D eigenvalue weighted by Crippen LogP contribution is -2.24. The zero-order valence-corrected chi connectivity index (χ0v) is 11.6. The Bertz CT molecular complexity index is 394. The van der Waals surface area contributed by atoms with Crippen LogP contribution in [0.1, 0.15) is 32.4 Å². The third kappa shape index (κ3) is 4.86. The first-order valence-electron chi connectivity index (χ1n) is 6.16. The van der Waals surface area contributed by atoms with Crippen LogP contribution in [0, 0.1) is 5.92 Å². The van der Waals surface area contributed by atoms with Crippen molar-refractivity contribution in [3.63, 3.8) is 0 Å². The molecule has 1 N–H and O–H groups in total. The normalized spacial score (nSPS) is 13.6. The molecule has 0 spiro atoms. The van der Waals surface area contributed by atoms with E-state index in [9.17, 15) is 13.2 Å². The molecule has 0 bridgehead atoms. The molecule has 0 fully saturated rings. The average Bonchev–Trinajstić information content (AvgIpc) is 2.37. The van der Waals surface area contributed by atoms with Crippen molar-refractivity contribution in [3.05, 3.63) is 18.0 Å². The van der Waals surface area contributed by atoms with Crippen molar-refractivity contribution in [2.24, 2.45) is 5.92 Å². The Morgan fingerprint density at radius 1 is 1.32 bits per heavy atom. The monoisotopic (exact) mass is 295 g/mol. The Morgan fingerprint density at radius 2 is 1.95 bits per heavy atom. The van der Waals surface area contributed by atoms with Gasteiger partial charge in [-0.2, -0.15) is 13.2 Å². The van der Waals surface area contributed by atoms with Crippen LogP contribution in [0.4, 0.5) is 19.1 Å². The smallest absolute Gasteiger partial charge is 0.353 e. The van der Waals surface area contributed by atoms with Crippen LogP contribution in [-0.2, 0) is 6.18 Å². The number of anilines is 1. The minimum absolute atomic E-state index is 0.0496. The van der Waals surface area contributed by atoms with Crippen molar-refractivity contribution in [2.75, 3.05) is 11.9 Å². The SMILES string of the molecule is CCC(CC)C(Cl)CNc1nccc(C(F)(F)F)n1. The van der Waals surface area contributed by atoms with Crippen molar-refractivity contribution in [2.45, 2.75) is 38.2 Å². The van der Waals surface area contributed by atoms with E-state index in [1.165, 1.54) is 0 Å². The molecule has 1 unspecified atom stereocenters. The van der Waals surface area contributed by atoms with Gasteiger partial charge in [-0.15, -0.1) is 11.6 Å². The van der Waals surface area contributed by atoms with Crippen LogP contribution in [-0.4, -0.2) is 21.9 Å². The van der Waals surface area contributed by atoms with Crippen LogP contribution in [0.5, 0.6) is 0 Å². The molecule has 1 heterocycles. The largest absolute Gasteiger partial charge is 0.433 e. The van der Waals surface area contributed by atoms with E-state index < -0.39 is 11.9 Å². The first-order chi connectivity index (χ1) is 8.88. The first kappa shape index (κ1) is 16.0. The molecule has 1 aromatic rings. The quantitative estimate of drug-likeness (QED) is 0.808. The predicted molar refractivity (Wildman–Crippen MR) is 69.2 cm³/mol. The second-order valence-corrected chi connectivity index (χ2v) is 4.80. The molecule has 0 aliphatic rings. The van der Waals surface area contributed by atoms with Gasteiger partial charge in [-0.1, -0.05) is 26.7 Å². The molecule has 108 valence electrons. The van der Waals surface area contributed by atoms with Gasteiger partial charge >= 0.3 is 6.18 Å². The summed E-state index contributed by atoms with van der Waals surface area (Å²) in [5.74, 6) is 0.270. The van der Waals surface area contributed by atoms with Gasteiger partial charge in [-0.25, -0.2) is 9.97 Å². The molecule has 0 saturated heterocycles. The number of aromatic nitrogens is 2. The van der Waals surface area contributed by atoms with Crippen molar-refractivity contribution in [1.82, 2.24) is 9.97 Å². The summed E-state index contributed by atoms with van der Waals surface area (Å²) >= 11 is 6.19. The topological polar surface area (TPSA) is 37.8 Å². The fraction of sp³-hybridized carbons (Fsp3) is 0.667. The third-order valence-corrected chi connectivity index (χ3v) is 3.47. The van der Waals surface area contributed by atoms with Gasteiger partial charge in [0, 0.05) is 12.7 Å². The van der Waals surface area contributed by atoms with Crippen LogP contribution in [0.25, 0.3) is 0 Å². The van der Waals surface area contributed by atoms with Gasteiger partial charge < -0.3 is 5.32 Å². The fourth-order valence-electron chi connectivity index (χ4n) is 1.76. The summed E-state index contributed by atoms with van der Waals surface area (Å²) in [6.45, 7) is 4.41. The summed E-state index contributed by atoms with van der Waals surface area (Å²) in [6.07, 6.45) is -1.53. The summed E-state index contributed by atoms with van der Waals surface area (Å²) < 4.78 is 37.4. The zero-order valence-electron chi connectivity index (χ0n) is 10.8. The molecular formula is C12H17ClF3N3. The maximum atomic E-state index is 12.5. The van der Waals surface area contributed by atoms with Crippen LogP contribution in [0.2, 0.25) is 0 Å². The van der Waals surface area contributed by atoms with Crippen molar-refractivity contribution in [1.29, 1.82) is 0 Å². The van der Waals surface area contributed by atoms with Gasteiger partial charge in [0.15, 0.2) is 0 Å². The Hall–Kier alpha value is -1.04. The van der Waals surface area contributed by atoms with Gasteiger partial charge in [0.25, 0.3) is 0 Å². The molecule has 0 aliphatic carbocycles. The van der Waals surface area contributed by atoms with Crippen molar-refractivity contribution < 1.29 is 13.2 Å². The summed E-state index contributed by atoms with van der Waals surface area (Å²) in [6, 6.07) is 0.838. The first-order valence-corrected chi connectivity index (χ1v) is 6.60. The molecular weight excluding hydrogens is 279 g/mol. The molecule has 3 nitrogen and oxygen atoms in total. The standard InChI is InChI=1S/C12H17ClF3N3/c1-3-8(4-2)9(13)7-18-11-17-6-5-10(19-11)12(14,15)16/h5-6,8-9H,3-4,7H2,1-2H3,(H,17,18,19). The molecule has 1 aromatic heterocycles. The van der Waals surface area contributed by atoms with Crippen molar-refractivity contribution >= 4 is 17.5 Å². The number of halogens is 4. The highest BCUT2D eigenvalue weighted by atomic mass is 35.5. The number of hydrogen-bond donors (Lipinski definition) is 1. The number of hydrogen-bond acceptors (Lipinski definition) is 3. The molecule has 0 saturated carbocycles. The molecule has 0 amide bonds. The maximum absolute atomic E-state index is 12.5. The Kier molecular flexibility index (Phi) is 5.85. The lowest BCUT2D eigenvalue weighted by molar-refractivity contribution is -0.141. The lowest BCUT2D eigenvalue weighted by atomic mass is 9.99. The highest BCUT2D eigenvalue weighted by molar-refractivity contribution is 6.21. The van der Waals surface area contributed by atoms with Gasteiger partial charge in [0.2, 0.25) is 5.95 Å². The number of rotatable bonds is 6. The zero-order chi connectivity index (χ0) is 14.5. The molecule has 0 aliphatic heterocycles. The van der Waals surface area contributed by atoms with Crippen LogP contribution >= 0.6 is 11.6 Å². The third-order valence-electron chi connectivity index (χ3n) is 2.96. The highest BCUT2D eigenvalue weighted by Gasteiger charge is 2.32. The molecule has 19 heavy (non-hydrogen) atoms. The summed E-state index contributed by atoms with van der Waals surface area (Å²) in [7, 11) is 0.